The molecule has 2 heterocycles. The molecular weight excluding hydrogens is 376 g/mol. The van der Waals surface area contributed by atoms with Crippen LogP contribution in [0.3, 0.4) is 0 Å². The molecule has 7 nitrogen and oxygen atoms in total. The average Bonchev–Trinajstić information content (AvgIpc) is 3.15. The molecule has 0 saturated heterocycles. The van der Waals surface area contributed by atoms with Crippen LogP contribution in [0.4, 0.5) is 11.8 Å². The van der Waals surface area contributed by atoms with Gasteiger partial charge in [-0.25, -0.2) is 0 Å². The monoisotopic (exact) mass is 410 g/mol. The molecule has 162 valence electrons. The van der Waals surface area contributed by atoms with Crippen molar-refractivity contribution in [3.05, 3.63) is 41.6 Å². The van der Waals surface area contributed by atoms with E-state index >= 15 is 0 Å². The minimum absolute atomic E-state index is 0.0385. The Morgan fingerprint density at radius 3 is 2.27 bits per heavy atom. The molecular formula is C23H34N6O. The summed E-state index contributed by atoms with van der Waals surface area (Å²) in [6.45, 7) is 13.4. The summed E-state index contributed by atoms with van der Waals surface area (Å²) < 4.78 is 2.16. The Bertz CT molecular complexity index is 919. The van der Waals surface area contributed by atoms with Gasteiger partial charge in [0.15, 0.2) is 11.5 Å². The molecule has 1 aromatic rings. The van der Waals surface area contributed by atoms with Crippen LogP contribution in [0.1, 0.15) is 64.8 Å². The molecule has 1 aromatic carbocycles. The van der Waals surface area contributed by atoms with Crippen LogP contribution in [0.2, 0.25) is 0 Å². The van der Waals surface area contributed by atoms with Crippen LogP contribution in [0.5, 0.6) is 0 Å². The molecule has 3 rings (SSSR count). The third-order valence-electron chi connectivity index (χ3n) is 5.32. The summed E-state index contributed by atoms with van der Waals surface area (Å²) in [4.78, 5) is 4.91. The second-order valence-corrected chi connectivity index (χ2v) is 8.70. The summed E-state index contributed by atoms with van der Waals surface area (Å²) in [7, 11) is 0. The van der Waals surface area contributed by atoms with Gasteiger partial charge in [0.1, 0.15) is 0 Å². The molecule has 0 radical (unpaired) electrons. The predicted octanol–water partition coefficient (Wildman–Crippen LogP) is 4.52. The molecule has 0 fully saturated rings. The zero-order chi connectivity index (χ0) is 21.8. The molecule has 1 atom stereocenters. The minimum atomic E-state index is -0.0969. The van der Waals surface area contributed by atoms with Crippen LogP contribution in [0.15, 0.2) is 30.3 Å². The Morgan fingerprint density at radius 2 is 1.70 bits per heavy atom. The van der Waals surface area contributed by atoms with Gasteiger partial charge in [0.2, 0.25) is 5.95 Å². The first-order chi connectivity index (χ1) is 14.3. The van der Waals surface area contributed by atoms with Crippen LogP contribution in [0.25, 0.3) is 11.4 Å². The van der Waals surface area contributed by atoms with Crippen molar-refractivity contribution < 1.29 is 5.11 Å². The van der Waals surface area contributed by atoms with Crippen LogP contribution < -0.4 is 10.6 Å². The minimum Gasteiger partial charge on any atom is -0.394 e. The fourth-order valence-electron chi connectivity index (χ4n) is 3.52. The molecule has 7 heteroatoms. The molecule has 0 aliphatic carbocycles. The van der Waals surface area contributed by atoms with Crippen LogP contribution in [-0.4, -0.2) is 37.5 Å². The average molecular weight is 411 g/mol. The van der Waals surface area contributed by atoms with E-state index in [-0.39, 0.29) is 30.5 Å². The largest absolute Gasteiger partial charge is 0.394 e. The molecule has 0 aromatic heterocycles. The van der Waals surface area contributed by atoms with Gasteiger partial charge in [-0.2, -0.15) is 10.1 Å². The maximum atomic E-state index is 9.88. The van der Waals surface area contributed by atoms with E-state index in [1.54, 1.807) is 0 Å². The van der Waals surface area contributed by atoms with Crippen molar-refractivity contribution in [3.63, 3.8) is 0 Å². The van der Waals surface area contributed by atoms with Crippen LogP contribution in [0, 0.1) is 5.92 Å². The van der Waals surface area contributed by atoms with Crippen molar-refractivity contribution in [1.29, 1.82) is 0 Å². The van der Waals surface area contributed by atoms with Crippen molar-refractivity contribution in [2.45, 2.75) is 66.1 Å². The van der Waals surface area contributed by atoms with Gasteiger partial charge in [0, 0.05) is 12.6 Å². The second kappa shape index (κ2) is 9.43. The molecule has 2 aliphatic heterocycles. The Labute approximate surface area is 179 Å². The molecule has 2 aliphatic rings. The number of aromatic nitrogens is 4. The lowest BCUT2D eigenvalue weighted by Gasteiger charge is -2.28. The number of aliphatic hydroxyl groups is 1. The number of anilines is 2. The lowest BCUT2D eigenvalue weighted by atomic mass is 10.0. The van der Waals surface area contributed by atoms with E-state index in [1.165, 1.54) is 5.56 Å². The van der Waals surface area contributed by atoms with Crippen LogP contribution in [-0.2, 0) is 6.54 Å². The summed E-state index contributed by atoms with van der Waals surface area (Å²) >= 11 is 0. The van der Waals surface area contributed by atoms with Crippen molar-refractivity contribution in [3.8, 4) is 11.4 Å². The normalized spacial score (nSPS) is 12.9. The van der Waals surface area contributed by atoms with Crippen molar-refractivity contribution >= 4 is 11.8 Å². The van der Waals surface area contributed by atoms with E-state index in [0.29, 0.717) is 12.4 Å². The highest BCUT2D eigenvalue weighted by molar-refractivity contribution is 5.75. The summed E-state index contributed by atoms with van der Waals surface area (Å²) in [6, 6.07) is 10.3. The van der Waals surface area contributed by atoms with Gasteiger partial charge in [-0.05, 0) is 31.2 Å². The number of fused-ring (bicyclic) bond motifs is 1. The van der Waals surface area contributed by atoms with Gasteiger partial charge in [0.25, 0.3) is 0 Å². The van der Waals surface area contributed by atoms with Gasteiger partial charge in [-0.15, -0.1) is 5.10 Å². The number of hydrogen-bond acceptors (Lipinski definition) is 6. The maximum absolute atomic E-state index is 9.88. The molecule has 30 heavy (non-hydrogen) atoms. The Balaban J connectivity index is 2.11. The highest BCUT2D eigenvalue weighted by atomic mass is 16.3. The number of aliphatic hydroxyl groups excluding tert-OH is 1. The van der Waals surface area contributed by atoms with E-state index in [2.05, 4.69) is 79.1 Å². The number of nitrogens with zero attached hydrogens (tertiary/aromatic N) is 4. The van der Waals surface area contributed by atoms with Gasteiger partial charge in [-0.1, -0.05) is 58.0 Å². The molecule has 3 N–H and O–H groups in total. The van der Waals surface area contributed by atoms with Gasteiger partial charge in [0.05, 0.1) is 24.0 Å². The van der Waals surface area contributed by atoms with E-state index in [4.69, 9.17) is 4.98 Å². The van der Waals surface area contributed by atoms with E-state index in [9.17, 15) is 5.11 Å². The fraction of sp³-hybridized carbons (Fsp3) is 0.522. The lowest BCUT2D eigenvalue weighted by Crippen LogP contribution is -2.32. The number of hydrogen-bond donors (Lipinski definition) is 3. The smallest absolute Gasteiger partial charge is 0.205 e. The topological polar surface area (TPSA) is 87.9 Å². The summed E-state index contributed by atoms with van der Waals surface area (Å²) in [5.41, 5.74) is 3.89. The molecule has 0 spiro atoms. The quantitative estimate of drug-likeness (QED) is 0.481. The first-order valence-electron chi connectivity index (χ1n) is 10.8. The zero-order valence-corrected chi connectivity index (χ0v) is 18.8. The first kappa shape index (κ1) is 22.0. The summed E-state index contributed by atoms with van der Waals surface area (Å²) in [5.74, 6) is 1.91. The lowest BCUT2D eigenvalue weighted by molar-refractivity contribution is 0.248. The number of benzene rings is 1. The number of rotatable bonds is 9. The van der Waals surface area contributed by atoms with Gasteiger partial charge in [-0.3, -0.25) is 0 Å². The van der Waals surface area contributed by atoms with Crippen LogP contribution >= 0.6 is 0 Å². The second-order valence-electron chi connectivity index (χ2n) is 8.70. The standard InChI is InChI=1S/C23H34N6O/c1-14(2)18(13-30)25-23-26-22(24-12-17-10-8-7-9-11-17)20-21(29(23)16(5)6)19(15(3)4)27-28-20/h7-11,14-16,18,24,30H,12-13H2,1-6H3,(H,25,26). The van der Waals surface area contributed by atoms with Crippen molar-refractivity contribution in [2.75, 3.05) is 17.2 Å². The molecule has 0 saturated carbocycles. The maximum Gasteiger partial charge on any atom is 0.205 e. The Hall–Kier alpha value is -2.67. The van der Waals surface area contributed by atoms with E-state index < -0.39 is 0 Å². The number of nitrogens with one attached hydrogen (secondary N) is 2. The zero-order valence-electron chi connectivity index (χ0n) is 18.8. The summed E-state index contributed by atoms with van der Waals surface area (Å²) in [6.07, 6.45) is 0. The van der Waals surface area contributed by atoms with Crippen molar-refractivity contribution in [1.82, 2.24) is 19.7 Å². The summed E-state index contributed by atoms with van der Waals surface area (Å²) in [5, 5.41) is 25.8. The van der Waals surface area contributed by atoms with Gasteiger partial charge < -0.3 is 20.3 Å². The Morgan fingerprint density at radius 1 is 1.00 bits per heavy atom. The third kappa shape index (κ3) is 4.56. The Kier molecular flexibility index (Phi) is 6.92. The predicted molar refractivity (Wildman–Crippen MR) is 122 cm³/mol. The third-order valence-corrected chi connectivity index (χ3v) is 5.32. The fourth-order valence-corrected chi connectivity index (χ4v) is 3.52. The highest BCUT2D eigenvalue weighted by Gasteiger charge is 2.28. The van der Waals surface area contributed by atoms with E-state index in [0.717, 1.165) is 23.0 Å². The first-order valence-corrected chi connectivity index (χ1v) is 10.8. The molecule has 0 amide bonds. The van der Waals surface area contributed by atoms with E-state index in [1.807, 2.05) is 18.2 Å². The molecule has 0 bridgehead atoms. The highest BCUT2D eigenvalue weighted by Crippen LogP contribution is 2.37. The molecule has 1 unspecified atom stereocenters. The SMILES string of the molecule is CC(C)c1nnc2c(NCc3ccccc3)nc(NC(CO)C(C)C)n(C(C)C)c1-2. The van der Waals surface area contributed by atoms with Crippen molar-refractivity contribution in [2.24, 2.45) is 5.92 Å². The van der Waals surface area contributed by atoms with Gasteiger partial charge >= 0.3 is 0 Å².